The summed E-state index contributed by atoms with van der Waals surface area (Å²) in [4.78, 5) is 15.2. The van der Waals surface area contributed by atoms with Crippen LogP contribution in [0.3, 0.4) is 0 Å². The number of likely N-dealkylation sites (N-methyl/N-ethyl adjacent to an activating group) is 1. The molecule has 1 N–H and O–H groups in total. The molecule has 16 heavy (non-hydrogen) atoms. The topological polar surface area (TPSA) is 43.8 Å². The van der Waals surface area contributed by atoms with E-state index in [4.69, 9.17) is 5.11 Å². The van der Waals surface area contributed by atoms with Crippen LogP contribution < -0.4 is 0 Å². The highest BCUT2D eigenvalue weighted by Gasteiger charge is 2.24. The summed E-state index contributed by atoms with van der Waals surface area (Å²) < 4.78 is 0. The lowest BCUT2D eigenvalue weighted by Crippen LogP contribution is -2.28. The van der Waals surface area contributed by atoms with E-state index in [-0.39, 0.29) is 12.6 Å². The van der Waals surface area contributed by atoms with E-state index >= 15 is 0 Å². The Morgan fingerprint density at radius 2 is 1.81 bits per heavy atom. The highest BCUT2D eigenvalue weighted by Crippen LogP contribution is 2.12. The third kappa shape index (κ3) is 2.17. The molecule has 1 heterocycles. The van der Waals surface area contributed by atoms with Crippen LogP contribution in [0.4, 0.5) is 4.79 Å². The molecule has 1 saturated heterocycles. The van der Waals surface area contributed by atoms with Gasteiger partial charge in [0.25, 0.3) is 0 Å². The zero-order valence-corrected chi connectivity index (χ0v) is 9.39. The zero-order chi connectivity index (χ0) is 11.5. The van der Waals surface area contributed by atoms with Gasteiger partial charge < -0.3 is 14.9 Å². The molecule has 0 atom stereocenters. The molecule has 0 bridgehead atoms. The number of nitrogens with zero attached hydrogens (tertiary/aromatic N) is 2. The van der Waals surface area contributed by atoms with Crippen LogP contribution in [0.5, 0.6) is 0 Å². The van der Waals surface area contributed by atoms with Crippen LogP contribution in [0, 0.1) is 0 Å². The van der Waals surface area contributed by atoms with Gasteiger partial charge in [-0.25, -0.2) is 4.79 Å². The fourth-order valence-electron chi connectivity index (χ4n) is 1.82. The summed E-state index contributed by atoms with van der Waals surface area (Å²) in [7, 11) is 1.82. The first-order valence-electron chi connectivity index (χ1n) is 5.39. The first-order chi connectivity index (χ1) is 7.70. The first kappa shape index (κ1) is 11.0. The summed E-state index contributed by atoms with van der Waals surface area (Å²) in [5.41, 5.74) is 1.99. The van der Waals surface area contributed by atoms with Crippen molar-refractivity contribution in [3.8, 4) is 0 Å². The number of urea groups is 1. The van der Waals surface area contributed by atoms with E-state index < -0.39 is 0 Å². The Hall–Kier alpha value is -1.55. The van der Waals surface area contributed by atoms with Gasteiger partial charge in [-0.3, -0.25) is 0 Å². The molecule has 4 heteroatoms. The summed E-state index contributed by atoms with van der Waals surface area (Å²) >= 11 is 0. The molecule has 4 nitrogen and oxygen atoms in total. The van der Waals surface area contributed by atoms with Crippen molar-refractivity contribution in [2.24, 2.45) is 0 Å². The minimum Gasteiger partial charge on any atom is -0.392 e. The van der Waals surface area contributed by atoms with Crippen LogP contribution in [-0.4, -0.2) is 41.1 Å². The average molecular weight is 220 g/mol. The molecular formula is C12H16N2O2. The maximum atomic E-state index is 11.6. The van der Waals surface area contributed by atoms with Crippen LogP contribution in [0.1, 0.15) is 11.1 Å². The van der Waals surface area contributed by atoms with Gasteiger partial charge in [-0.05, 0) is 11.1 Å². The number of hydrogen-bond donors (Lipinski definition) is 1. The Bertz CT molecular complexity index is 375. The molecule has 1 fully saturated rings. The number of rotatable bonds is 3. The van der Waals surface area contributed by atoms with Crippen molar-refractivity contribution >= 4 is 6.03 Å². The standard InChI is InChI=1S/C12H16N2O2/c1-13-6-7-14(12(13)16)8-10-2-4-11(9-15)5-3-10/h2-5,15H,6-9H2,1H3. The van der Waals surface area contributed by atoms with Gasteiger partial charge in [0.2, 0.25) is 0 Å². The molecule has 1 aromatic carbocycles. The molecule has 0 spiro atoms. The lowest BCUT2D eigenvalue weighted by molar-refractivity contribution is 0.197. The van der Waals surface area contributed by atoms with Crippen molar-refractivity contribution in [2.75, 3.05) is 20.1 Å². The summed E-state index contributed by atoms with van der Waals surface area (Å²) in [6, 6.07) is 7.78. The lowest BCUT2D eigenvalue weighted by Gasteiger charge is -2.15. The number of aliphatic hydroxyl groups excluding tert-OH is 1. The predicted octanol–water partition coefficient (Wildman–Crippen LogP) is 1.05. The van der Waals surface area contributed by atoms with E-state index in [1.165, 1.54) is 0 Å². The lowest BCUT2D eigenvalue weighted by atomic mass is 10.1. The predicted molar refractivity (Wildman–Crippen MR) is 60.8 cm³/mol. The van der Waals surface area contributed by atoms with E-state index in [1.807, 2.05) is 36.2 Å². The third-order valence-corrected chi connectivity index (χ3v) is 2.88. The molecule has 86 valence electrons. The van der Waals surface area contributed by atoms with Crippen LogP contribution in [0.15, 0.2) is 24.3 Å². The van der Waals surface area contributed by atoms with Gasteiger partial charge in [0.1, 0.15) is 0 Å². The fourth-order valence-corrected chi connectivity index (χ4v) is 1.82. The molecule has 1 aliphatic rings. The third-order valence-electron chi connectivity index (χ3n) is 2.88. The van der Waals surface area contributed by atoms with Crippen LogP contribution in [-0.2, 0) is 13.2 Å². The van der Waals surface area contributed by atoms with Gasteiger partial charge in [0, 0.05) is 26.7 Å². The number of hydrogen-bond acceptors (Lipinski definition) is 2. The van der Waals surface area contributed by atoms with E-state index in [0.29, 0.717) is 6.54 Å². The van der Waals surface area contributed by atoms with Crippen molar-refractivity contribution < 1.29 is 9.90 Å². The summed E-state index contributed by atoms with van der Waals surface area (Å²) in [5.74, 6) is 0. The van der Waals surface area contributed by atoms with E-state index in [1.54, 1.807) is 4.90 Å². The summed E-state index contributed by atoms with van der Waals surface area (Å²) in [6.45, 7) is 2.30. The van der Waals surface area contributed by atoms with Gasteiger partial charge in [0.05, 0.1) is 6.61 Å². The number of amides is 2. The Labute approximate surface area is 95.1 Å². The van der Waals surface area contributed by atoms with Crippen molar-refractivity contribution in [3.63, 3.8) is 0 Å². The first-order valence-corrected chi connectivity index (χ1v) is 5.39. The molecule has 2 rings (SSSR count). The smallest absolute Gasteiger partial charge is 0.320 e. The number of aliphatic hydroxyl groups is 1. The van der Waals surface area contributed by atoms with Gasteiger partial charge >= 0.3 is 6.03 Å². The molecule has 2 amide bonds. The Kier molecular flexibility index (Phi) is 3.10. The minimum absolute atomic E-state index is 0.0612. The minimum atomic E-state index is 0.0612. The fraction of sp³-hybridized carbons (Fsp3) is 0.417. The van der Waals surface area contributed by atoms with Gasteiger partial charge in [-0.15, -0.1) is 0 Å². The second kappa shape index (κ2) is 4.53. The normalized spacial score (nSPS) is 16.0. The van der Waals surface area contributed by atoms with Crippen LogP contribution in [0.2, 0.25) is 0 Å². The number of benzene rings is 1. The van der Waals surface area contributed by atoms with Gasteiger partial charge in [-0.2, -0.15) is 0 Å². The van der Waals surface area contributed by atoms with Crippen LogP contribution in [0.25, 0.3) is 0 Å². The molecule has 1 aliphatic heterocycles. The van der Waals surface area contributed by atoms with Crippen molar-refractivity contribution in [3.05, 3.63) is 35.4 Å². The van der Waals surface area contributed by atoms with Crippen molar-refractivity contribution in [2.45, 2.75) is 13.2 Å². The highest BCUT2D eigenvalue weighted by molar-refractivity contribution is 5.76. The van der Waals surface area contributed by atoms with Gasteiger partial charge in [-0.1, -0.05) is 24.3 Å². The van der Waals surface area contributed by atoms with Crippen molar-refractivity contribution in [1.29, 1.82) is 0 Å². The van der Waals surface area contributed by atoms with Crippen LogP contribution >= 0.6 is 0 Å². The maximum absolute atomic E-state index is 11.6. The quantitative estimate of drug-likeness (QED) is 0.827. The molecule has 0 radical (unpaired) electrons. The van der Waals surface area contributed by atoms with Crippen molar-refractivity contribution in [1.82, 2.24) is 9.80 Å². The van der Waals surface area contributed by atoms with E-state index in [0.717, 1.165) is 24.2 Å². The molecule has 1 aromatic rings. The van der Waals surface area contributed by atoms with E-state index in [2.05, 4.69) is 0 Å². The summed E-state index contributed by atoms with van der Waals surface area (Å²) in [5, 5.41) is 8.92. The average Bonchev–Trinajstić information content (AvgIpc) is 2.62. The molecular weight excluding hydrogens is 204 g/mol. The molecule has 0 aromatic heterocycles. The number of carbonyl (C=O) groups excluding carboxylic acids is 1. The highest BCUT2D eigenvalue weighted by atomic mass is 16.3. The number of carbonyl (C=O) groups is 1. The maximum Gasteiger partial charge on any atom is 0.320 e. The SMILES string of the molecule is CN1CCN(Cc2ccc(CO)cc2)C1=O. The molecule has 0 aliphatic carbocycles. The van der Waals surface area contributed by atoms with E-state index in [9.17, 15) is 4.79 Å². The molecule has 0 saturated carbocycles. The Morgan fingerprint density at radius 1 is 1.19 bits per heavy atom. The second-order valence-electron chi connectivity index (χ2n) is 4.10. The molecule has 0 unspecified atom stereocenters. The zero-order valence-electron chi connectivity index (χ0n) is 9.39. The Balaban J connectivity index is 2.01. The largest absolute Gasteiger partial charge is 0.392 e. The monoisotopic (exact) mass is 220 g/mol. The second-order valence-corrected chi connectivity index (χ2v) is 4.10. The Morgan fingerprint density at radius 3 is 2.31 bits per heavy atom. The summed E-state index contributed by atoms with van der Waals surface area (Å²) in [6.07, 6.45) is 0. The van der Waals surface area contributed by atoms with Gasteiger partial charge in [0.15, 0.2) is 0 Å².